The molecule has 15 rings (SSSR count). The van der Waals surface area contributed by atoms with E-state index < -0.39 is 0 Å². The second kappa shape index (κ2) is 18.6. The summed E-state index contributed by atoms with van der Waals surface area (Å²) in [6.45, 7) is 4.78. The summed E-state index contributed by atoms with van der Waals surface area (Å²) in [4.78, 5) is 4.84. The fraction of sp³-hybridized carbons (Fsp3) is 0.0390. The normalized spacial score (nSPS) is 12.5. The predicted molar refractivity (Wildman–Crippen MR) is 337 cm³/mol. The summed E-state index contributed by atoms with van der Waals surface area (Å²) in [7, 11) is 0. The van der Waals surface area contributed by atoms with E-state index in [1.54, 1.807) is 0 Å². The van der Waals surface area contributed by atoms with Gasteiger partial charge in [0, 0.05) is 39.5 Å². The van der Waals surface area contributed by atoms with Gasteiger partial charge in [-0.05, 0) is 194 Å². The summed E-state index contributed by atoms with van der Waals surface area (Å²) in [5.74, 6) is 0. The molecule has 0 saturated carbocycles. The molecule has 0 radical (unpaired) electrons. The number of hydrogen-bond donors (Lipinski definition) is 0. The van der Waals surface area contributed by atoms with Crippen molar-refractivity contribution in [1.29, 1.82) is 0 Å². The molecule has 0 unspecified atom stereocenters. The van der Waals surface area contributed by atoms with E-state index in [1.165, 1.54) is 104 Å². The first-order valence-corrected chi connectivity index (χ1v) is 27.5. The lowest BCUT2D eigenvalue weighted by Gasteiger charge is -2.28. The third-order valence-electron chi connectivity index (χ3n) is 16.7. The summed E-state index contributed by atoms with van der Waals surface area (Å²) in [5, 5.41) is 12.1. The van der Waals surface area contributed by atoms with E-state index in [2.05, 4.69) is 315 Å². The van der Waals surface area contributed by atoms with Crippen LogP contribution < -0.4 is 9.80 Å². The van der Waals surface area contributed by atoms with Crippen molar-refractivity contribution in [2.75, 3.05) is 9.80 Å². The van der Waals surface area contributed by atoms with Crippen molar-refractivity contribution in [3.63, 3.8) is 0 Å². The average molecular weight is 1010 g/mol. The molecule has 0 aliphatic heterocycles. The van der Waals surface area contributed by atoms with Gasteiger partial charge in [-0.25, -0.2) is 0 Å². The molecule has 0 saturated heterocycles. The number of nitrogens with zero attached hydrogens (tertiary/aromatic N) is 2. The predicted octanol–water partition coefficient (Wildman–Crippen LogP) is 21.7. The van der Waals surface area contributed by atoms with Gasteiger partial charge >= 0.3 is 0 Å². The van der Waals surface area contributed by atoms with E-state index >= 15 is 0 Å². The standard InChI is InChI=1S/C77H54N2/c1-77(2)73-28-16-15-27-67(73)68-42-37-60(48-74(68)77)76-70-44-41-65(78(61-23-5-3-6-24-61)63-38-35-52-18-10-13-21-57(52)46-63)49-71(70)75(55-32-29-54(30-33-55)59-34-31-51-17-9-12-20-56(51)45-59)69-43-40-66(50-72(69)76)79(62-25-7-4-8-26-62)64-39-36-53-19-11-14-22-58(53)47-64/h3-50H,1-2H3. The van der Waals surface area contributed by atoms with Gasteiger partial charge in [0.15, 0.2) is 0 Å². The zero-order valence-electron chi connectivity index (χ0n) is 44.1. The fourth-order valence-corrected chi connectivity index (χ4v) is 12.8. The van der Waals surface area contributed by atoms with Crippen molar-refractivity contribution in [3.05, 3.63) is 302 Å². The molecular formula is C77H54N2. The van der Waals surface area contributed by atoms with E-state index in [9.17, 15) is 0 Å². The van der Waals surface area contributed by atoms with Gasteiger partial charge in [0.2, 0.25) is 0 Å². The summed E-state index contributed by atoms with van der Waals surface area (Å²) >= 11 is 0. The van der Waals surface area contributed by atoms with Crippen LogP contribution in [0, 0.1) is 0 Å². The maximum absolute atomic E-state index is 2.51. The lowest BCUT2D eigenvalue weighted by atomic mass is 9.80. The smallest absolute Gasteiger partial charge is 0.0468 e. The fourth-order valence-electron chi connectivity index (χ4n) is 12.8. The second-order valence-corrected chi connectivity index (χ2v) is 21.7. The third kappa shape index (κ3) is 7.86. The summed E-state index contributed by atoms with van der Waals surface area (Å²) in [5.41, 5.74) is 18.9. The Morgan fingerprint density at radius 2 is 0.620 bits per heavy atom. The molecule has 0 N–H and O–H groups in total. The van der Waals surface area contributed by atoms with Crippen LogP contribution in [-0.2, 0) is 5.41 Å². The van der Waals surface area contributed by atoms with Gasteiger partial charge in [-0.3, -0.25) is 0 Å². The SMILES string of the molecule is CC1(C)c2ccccc2-c2ccc(-c3c4ccc(N(c5ccccc5)c5ccc6ccccc6c5)cc4c(-c4ccc(-c5ccc6ccccc6c5)cc4)c4ccc(N(c5ccccc5)c5ccc6ccccc6c5)cc34)cc21. The highest BCUT2D eigenvalue weighted by molar-refractivity contribution is 6.23. The first kappa shape index (κ1) is 46.3. The Morgan fingerprint density at radius 1 is 0.228 bits per heavy atom. The van der Waals surface area contributed by atoms with Crippen molar-refractivity contribution in [2.45, 2.75) is 19.3 Å². The molecule has 14 aromatic carbocycles. The molecule has 0 amide bonds. The summed E-state index contributed by atoms with van der Waals surface area (Å²) in [6.07, 6.45) is 0. The van der Waals surface area contributed by atoms with Crippen LogP contribution in [-0.4, -0.2) is 0 Å². The number of hydrogen-bond acceptors (Lipinski definition) is 2. The molecule has 79 heavy (non-hydrogen) atoms. The van der Waals surface area contributed by atoms with Gasteiger partial charge in [-0.2, -0.15) is 0 Å². The molecule has 0 aromatic heterocycles. The topological polar surface area (TPSA) is 6.48 Å². The number of rotatable bonds is 9. The monoisotopic (exact) mass is 1010 g/mol. The average Bonchev–Trinajstić information content (AvgIpc) is 4.04. The van der Waals surface area contributed by atoms with Crippen molar-refractivity contribution >= 4 is 88.0 Å². The molecule has 0 heterocycles. The van der Waals surface area contributed by atoms with E-state index in [4.69, 9.17) is 0 Å². The minimum Gasteiger partial charge on any atom is -0.310 e. The Morgan fingerprint density at radius 3 is 1.18 bits per heavy atom. The van der Waals surface area contributed by atoms with Crippen molar-refractivity contribution in [2.24, 2.45) is 0 Å². The first-order chi connectivity index (χ1) is 38.9. The van der Waals surface area contributed by atoms with Crippen LogP contribution in [0.1, 0.15) is 25.0 Å². The summed E-state index contributed by atoms with van der Waals surface area (Å²) in [6, 6.07) is 108. The van der Waals surface area contributed by atoms with E-state index in [-0.39, 0.29) is 5.41 Å². The number of anilines is 6. The Labute approximate surface area is 461 Å². The molecule has 0 atom stereocenters. The molecule has 2 heteroatoms. The lowest BCUT2D eigenvalue weighted by Crippen LogP contribution is -2.14. The van der Waals surface area contributed by atoms with Gasteiger partial charge in [0.05, 0.1) is 0 Å². The van der Waals surface area contributed by atoms with Gasteiger partial charge < -0.3 is 9.80 Å². The van der Waals surface area contributed by atoms with E-state index in [0.717, 1.165) is 39.7 Å². The zero-order valence-corrected chi connectivity index (χ0v) is 44.1. The van der Waals surface area contributed by atoms with E-state index in [1.807, 2.05) is 0 Å². The molecule has 14 aromatic rings. The highest BCUT2D eigenvalue weighted by atomic mass is 15.1. The molecule has 1 aliphatic rings. The molecular weight excluding hydrogens is 953 g/mol. The minimum absolute atomic E-state index is 0.186. The zero-order chi connectivity index (χ0) is 52.6. The maximum atomic E-state index is 2.51. The minimum atomic E-state index is -0.186. The van der Waals surface area contributed by atoms with Crippen LogP contribution in [0.4, 0.5) is 34.1 Å². The quantitative estimate of drug-likeness (QED) is 0.133. The Balaban J connectivity index is 1.02. The van der Waals surface area contributed by atoms with Gasteiger partial charge in [-0.15, -0.1) is 0 Å². The Hall–Kier alpha value is -10.0. The van der Waals surface area contributed by atoms with E-state index in [0.29, 0.717) is 0 Å². The highest BCUT2D eigenvalue weighted by Crippen LogP contribution is 2.53. The largest absolute Gasteiger partial charge is 0.310 e. The molecule has 372 valence electrons. The van der Waals surface area contributed by atoms with Crippen molar-refractivity contribution < 1.29 is 0 Å². The van der Waals surface area contributed by atoms with Gasteiger partial charge in [-0.1, -0.05) is 220 Å². The van der Waals surface area contributed by atoms with Crippen LogP contribution in [0.2, 0.25) is 0 Å². The summed E-state index contributed by atoms with van der Waals surface area (Å²) < 4.78 is 0. The molecule has 0 fully saturated rings. The molecule has 0 bridgehead atoms. The van der Waals surface area contributed by atoms with Crippen LogP contribution in [0.5, 0.6) is 0 Å². The molecule has 0 spiro atoms. The second-order valence-electron chi connectivity index (χ2n) is 21.7. The lowest BCUT2D eigenvalue weighted by molar-refractivity contribution is 0.660. The van der Waals surface area contributed by atoms with Crippen LogP contribution in [0.3, 0.4) is 0 Å². The molecule has 2 nitrogen and oxygen atoms in total. The Kier molecular flexibility index (Phi) is 10.9. The number of benzene rings is 14. The highest BCUT2D eigenvalue weighted by Gasteiger charge is 2.36. The van der Waals surface area contributed by atoms with Crippen LogP contribution in [0.15, 0.2) is 291 Å². The number of fused-ring (bicyclic) bond motifs is 8. The maximum Gasteiger partial charge on any atom is 0.0468 e. The van der Waals surface area contributed by atoms with Crippen molar-refractivity contribution in [1.82, 2.24) is 0 Å². The molecule has 1 aliphatic carbocycles. The van der Waals surface area contributed by atoms with Crippen LogP contribution in [0.25, 0.3) is 98.4 Å². The number of para-hydroxylation sites is 2. The first-order valence-electron chi connectivity index (χ1n) is 27.5. The van der Waals surface area contributed by atoms with Crippen LogP contribution >= 0.6 is 0 Å². The van der Waals surface area contributed by atoms with Gasteiger partial charge in [0.1, 0.15) is 0 Å². The Bertz CT molecular complexity index is 4690. The van der Waals surface area contributed by atoms with Crippen molar-refractivity contribution in [3.8, 4) is 44.5 Å². The van der Waals surface area contributed by atoms with Gasteiger partial charge in [0.25, 0.3) is 0 Å². The third-order valence-corrected chi connectivity index (χ3v) is 16.7.